The van der Waals surface area contributed by atoms with E-state index in [4.69, 9.17) is 17.3 Å². The highest BCUT2D eigenvalue weighted by Gasteiger charge is 2.21. The molecule has 112 valence electrons. The van der Waals surface area contributed by atoms with Crippen LogP contribution in [-0.4, -0.2) is 8.42 Å². The lowest BCUT2D eigenvalue weighted by atomic mass is 10.1. The van der Waals surface area contributed by atoms with Gasteiger partial charge in [0.15, 0.2) is 0 Å². The van der Waals surface area contributed by atoms with Gasteiger partial charge in [-0.2, -0.15) is 0 Å². The first kappa shape index (κ1) is 15.6. The highest BCUT2D eigenvalue weighted by Crippen LogP contribution is 2.30. The predicted octanol–water partition coefficient (Wildman–Crippen LogP) is 3.48. The largest absolute Gasteiger partial charge is 0.398 e. The molecule has 0 radical (unpaired) electrons. The van der Waals surface area contributed by atoms with Crippen LogP contribution < -0.4 is 10.5 Å². The Labute approximate surface area is 127 Å². The van der Waals surface area contributed by atoms with Crippen LogP contribution in [0.4, 0.5) is 15.8 Å². The third-order valence-electron chi connectivity index (χ3n) is 3.13. The molecule has 0 unspecified atom stereocenters. The quantitative estimate of drug-likeness (QED) is 0.847. The van der Waals surface area contributed by atoms with E-state index in [1.54, 1.807) is 26.0 Å². The monoisotopic (exact) mass is 328 g/mol. The van der Waals surface area contributed by atoms with E-state index in [0.717, 1.165) is 12.1 Å². The summed E-state index contributed by atoms with van der Waals surface area (Å²) >= 11 is 5.85. The number of nitrogen functional groups attached to an aromatic ring is 1. The molecule has 3 N–H and O–H groups in total. The number of nitrogens with two attached hydrogens (primary N) is 1. The van der Waals surface area contributed by atoms with Crippen LogP contribution in [-0.2, 0) is 10.0 Å². The molecular weight excluding hydrogens is 315 g/mol. The van der Waals surface area contributed by atoms with Crippen molar-refractivity contribution in [2.75, 3.05) is 10.5 Å². The highest BCUT2D eigenvalue weighted by atomic mass is 35.5. The first-order valence-corrected chi connectivity index (χ1v) is 7.92. The van der Waals surface area contributed by atoms with Crippen molar-refractivity contribution >= 4 is 33.0 Å². The maximum Gasteiger partial charge on any atom is 0.263 e. The normalized spacial score (nSPS) is 11.4. The molecule has 0 spiro atoms. The summed E-state index contributed by atoms with van der Waals surface area (Å²) in [5.41, 5.74) is 7.92. The van der Waals surface area contributed by atoms with Crippen molar-refractivity contribution in [1.29, 1.82) is 0 Å². The predicted molar refractivity (Wildman–Crippen MR) is 82.5 cm³/mol. The molecule has 2 rings (SSSR count). The Balaban J connectivity index is 2.53. The summed E-state index contributed by atoms with van der Waals surface area (Å²) < 4.78 is 40.5. The SMILES string of the molecule is Cc1ccc(N)c(C)c1NS(=O)(=O)c1cc(F)ccc1Cl. The Bertz CT molecular complexity index is 807. The van der Waals surface area contributed by atoms with Crippen molar-refractivity contribution in [3.63, 3.8) is 0 Å². The number of sulfonamides is 1. The Morgan fingerprint density at radius 2 is 1.86 bits per heavy atom. The van der Waals surface area contributed by atoms with Crippen molar-refractivity contribution in [2.45, 2.75) is 18.7 Å². The molecule has 7 heteroatoms. The lowest BCUT2D eigenvalue weighted by Gasteiger charge is -2.15. The van der Waals surface area contributed by atoms with Crippen LogP contribution in [0.1, 0.15) is 11.1 Å². The van der Waals surface area contributed by atoms with Crippen molar-refractivity contribution in [2.24, 2.45) is 0 Å². The number of rotatable bonds is 3. The molecule has 0 saturated carbocycles. The van der Waals surface area contributed by atoms with Crippen LogP contribution in [0.3, 0.4) is 0 Å². The third kappa shape index (κ3) is 3.11. The van der Waals surface area contributed by atoms with E-state index >= 15 is 0 Å². The van der Waals surface area contributed by atoms with Crippen molar-refractivity contribution < 1.29 is 12.8 Å². The minimum atomic E-state index is -4.01. The zero-order valence-corrected chi connectivity index (χ0v) is 13.0. The maximum absolute atomic E-state index is 13.3. The van der Waals surface area contributed by atoms with Gasteiger partial charge in [0, 0.05) is 5.69 Å². The Hall–Kier alpha value is -1.79. The number of hydrogen-bond acceptors (Lipinski definition) is 3. The molecule has 0 saturated heterocycles. The first-order chi connectivity index (χ1) is 9.72. The van der Waals surface area contributed by atoms with E-state index < -0.39 is 15.8 Å². The number of benzene rings is 2. The standard InChI is InChI=1S/C14H14ClFN2O2S/c1-8-3-6-12(17)9(2)14(8)18-21(19,20)13-7-10(16)4-5-11(13)15/h3-7,18H,17H2,1-2H3. The zero-order chi connectivity index (χ0) is 15.8. The summed E-state index contributed by atoms with van der Waals surface area (Å²) in [7, 11) is -4.01. The van der Waals surface area contributed by atoms with Crippen LogP contribution in [0.25, 0.3) is 0 Å². The van der Waals surface area contributed by atoms with Gasteiger partial charge in [0.05, 0.1) is 10.7 Å². The van der Waals surface area contributed by atoms with Gasteiger partial charge in [0.1, 0.15) is 10.7 Å². The summed E-state index contributed by atoms with van der Waals surface area (Å²) in [6, 6.07) is 6.56. The third-order valence-corrected chi connectivity index (χ3v) is 4.97. The second-order valence-corrected chi connectivity index (χ2v) is 6.71. The van der Waals surface area contributed by atoms with Crippen molar-refractivity contribution in [3.05, 3.63) is 52.3 Å². The molecular formula is C14H14ClFN2O2S. The Kier molecular flexibility index (Phi) is 4.11. The minimum absolute atomic E-state index is 0.0527. The molecule has 21 heavy (non-hydrogen) atoms. The molecule has 0 bridgehead atoms. The summed E-state index contributed by atoms with van der Waals surface area (Å²) in [5, 5.41) is -0.0527. The maximum atomic E-state index is 13.3. The van der Waals surface area contributed by atoms with E-state index in [2.05, 4.69) is 4.72 Å². The van der Waals surface area contributed by atoms with Crippen molar-refractivity contribution in [1.82, 2.24) is 0 Å². The lowest BCUT2D eigenvalue weighted by Crippen LogP contribution is -2.16. The fourth-order valence-electron chi connectivity index (χ4n) is 1.89. The Morgan fingerprint density at radius 1 is 1.19 bits per heavy atom. The molecule has 2 aromatic carbocycles. The van der Waals surface area contributed by atoms with Crippen LogP contribution in [0.2, 0.25) is 5.02 Å². The summed E-state index contributed by atoms with van der Waals surface area (Å²) in [6.07, 6.45) is 0. The van der Waals surface area contributed by atoms with E-state index in [1.807, 2.05) is 0 Å². The molecule has 0 fully saturated rings. The van der Waals surface area contributed by atoms with Gasteiger partial charge in [-0.15, -0.1) is 0 Å². The smallest absolute Gasteiger partial charge is 0.263 e. The molecule has 0 aromatic heterocycles. The van der Waals surface area contributed by atoms with Crippen molar-refractivity contribution in [3.8, 4) is 0 Å². The second kappa shape index (κ2) is 5.54. The summed E-state index contributed by atoms with van der Waals surface area (Å²) in [4.78, 5) is -0.314. The molecule has 0 amide bonds. The van der Waals surface area contributed by atoms with Crippen LogP contribution in [0.15, 0.2) is 35.2 Å². The van der Waals surface area contributed by atoms with Crippen LogP contribution in [0, 0.1) is 19.7 Å². The average Bonchev–Trinajstić information content (AvgIpc) is 2.42. The molecule has 4 nitrogen and oxygen atoms in total. The molecule has 0 aliphatic carbocycles. The fraction of sp³-hybridized carbons (Fsp3) is 0.143. The topological polar surface area (TPSA) is 72.2 Å². The number of halogens is 2. The minimum Gasteiger partial charge on any atom is -0.398 e. The van der Waals surface area contributed by atoms with Gasteiger partial charge in [0.25, 0.3) is 10.0 Å². The van der Waals surface area contributed by atoms with Gasteiger partial charge < -0.3 is 5.73 Å². The van der Waals surface area contributed by atoms with E-state index in [-0.39, 0.29) is 9.92 Å². The number of hydrogen-bond donors (Lipinski definition) is 2. The van der Waals surface area contributed by atoms with Crippen LogP contribution >= 0.6 is 11.6 Å². The van der Waals surface area contributed by atoms with E-state index in [0.29, 0.717) is 22.5 Å². The molecule has 0 aliphatic rings. The number of nitrogens with one attached hydrogen (secondary N) is 1. The van der Waals surface area contributed by atoms with E-state index in [9.17, 15) is 12.8 Å². The molecule has 2 aromatic rings. The van der Waals surface area contributed by atoms with Gasteiger partial charge >= 0.3 is 0 Å². The molecule has 0 atom stereocenters. The molecule has 0 heterocycles. The Morgan fingerprint density at radius 3 is 2.52 bits per heavy atom. The average molecular weight is 329 g/mol. The van der Waals surface area contributed by atoms with Gasteiger partial charge in [0.2, 0.25) is 0 Å². The zero-order valence-electron chi connectivity index (χ0n) is 11.4. The molecule has 0 aliphatic heterocycles. The lowest BCUT2D eigenvalue weighted by molar-refractivity contribution is 0.595. The van der Waals surface area contributed by atoms with Gasteiger partial charge in [-0.05, 0) is 49.2 Å². The number of aryl methyl sites for hydroxylation is 1. The second-order valence-electron chi connectivity index (χ2n) is 4.65. The summed E-state index contributed by atoms with van der Waals surface area (Å²) in [6.45, 7) is 3.45. The summed E-state index contributed by atoms with van der Waals surface area (Å²) in [5.74, 6) is -0.680. The van der Waals surface area contributed by atoms with Gasteiger partial charge in [-0.3, -0.25) is 4.72 Å². The van der Waals surface area contributed by atoms with Gasteiger partial charge in [-0.25, -0.2) is 12.8 Å². The first-order valence-electron chi connectivity index (χ1n) is 6.06. The van der Waals surface area contributed by atoms with Gasteiger partial charge in [-0.1, -0.05) is 17.7 Å². The van der Waals surface area contributed by atoms with Crippen LogP contribution in [0.5, 0.6) is 0 Å². The highest BCUT2D eigenvalue weighted by molar-refractivity contribution is 7.92. The fourth-order valence-corrected chi connectivity index (χ4v) is 3.60. The number of anilines is 2. The van der Waals surface area contributed by atoms with E-state index in [1.165, 1.54) is 6.07 Å².